The van der Waals surface area contributed by atoms with Crippen molar-refractivity contribution in [3.8, 4) is 5.75 Å². The van der Waals surface area contributed by atoms with Gasteiger partial charge in [-0.05, 0) is 55.6 Å². The van der Waals surface area contributed by atoms with E-state index >= 15 is 0 Å². The predicted octanol–water partition coefficient (Wildman–Crippen LogP) is 6.60. The molecule has 29 heavy (non-hydrogen) atoms. The van der Waals surface area contributed by atoms with Gasteiger partial charge in [0.15, 0.2) is 17.9 Å². The monoisotopic (exact) mass is 410 g/mol. The third kappa shape index (κ3) is 6.14. The smallest absolute Gasteiger partial charge is 0.200 e. The molecule has 1 saturated carbocycles. The fourth-order valence-corrected chi connectivity index (χ4v) is 4.45. The summed E-state index contributed by atoms with van der Waals surface area (Å²) in [7, 11) is 0. The number of ether oxygens (including phenoxy) is 3. The van der Waals surface area contributed by atoms with Crippen molar-refractivity contribution in [3.05, 3.63) is 29.3 Å². The minimum atomic E-state index is -0.889. The summed E-state index contributed by atoms with van der Waals surface area (Å²) in [4.78, 5) is 0. The molecule has 2 aliphatic rings. The molecule has 2 fully saturated rings. The Morgan fingerprint density at radius 3 is 2.38 bits per heavy atom. The minimum absolute atomic E-state index is 0.00423. The molecule has 1 aromatic rings. The van der Waals surface area contributed by atoms with Crippen LogP contribution in [0.25, 0.3) is 0 Å². The van der Waals surface area contributed by atoms with Gasteiger partial charge in [-0.3, -0.25) is 0 Å². The van der Waals surface area contributed by atoms with Crippen LogP contribution in [-0.2, 0) is 9.47 Å². The Labute approximate surface area is 174 Å². The van der Waals surface area contributed by atoms with E-state index in [2.05, 4.69) is 6.92 Å². The van der Waals surface area contributed by atoms with Crippen LogP contribution in [0, 0.1) is 23.5 Å². The summed E-state index contributed by atoms with van der Waals surface area (Å²) in [5, 5.41) is 0. The molecule has 1 saturated heterocycles. The van der Waals surface area contributed by atoms with Gasteiger partial charge >= 0.3 is 0 Å². The topological polar surface area (TPSA) is 27.7 Å². The van der Waals surface area contributed by atoms with Crippen LogP contribution in [0.15, 0.2) is 12.1 Å². The Balaban J connectivity index is 1.45. The van der Waals surface area contributed by atoms with Gasteiger partial charge in [-0.15, -0.1) is 0 Å². The molecule has 0 amide bonds. The fourth-order valence-electron chi connectivity index (χ4n) is 4.45. The van der Waals surface area contributed by atoms with Crippen molar-refractivity contribution in [2.24, 2.45) is 11.8 Å². The minimum Gasteiger partial charge on any atom is -0.490 e. The molecule has 5 heteroatoms. The number of benzene rings is 1. The molecule has 0 spiro atoms. The summed E-state index contributed by atoms with van der Waals surface area (Å²) in [6, 6.07) is 3.18. The molecule has 1 heterocycles. The zero-order valence-corrected chi connectivity index (χ0v) is 17.9. The van der Waals surface area contributed by atoms with E-state index in [1.54, 1.807) is 12.1 Å². The molecule has 1 aliphatic heterocycles. The molecule has 0 bridgehead atoms. The van der Waals surface area contributed by atoms with E-state index < -0.39 is 11.6 Å². The first-order chi connectivity index (χ1) is 14.1. The maximum atomic E-state index is 14.6. The maximum Gasteiger partial charge on any atom is 0.200 e. The van der Waals surface area contributed by atoms with E-state index in [4.69, 9.17) is 14.2 Å². The molecule has 3 nitrogen and oxygen atoms in total. The highest BCUT2D eigenvalue weighted by atomic mass is 19.2. The average molecular weight is 411 g/mol. The van der Waals surface area contributed by atoms with Crippen LogP contribution in [0.2, 0.25) is 0 Å². The highest BCUT2D eigenvalue weighted by Crippen LogP contribution is 2.35. The molecule has 0 N–H and O–H groups in total. The van der Waals surface area contributed by atoms with Gasteiger partial charge in [-0.1, -0.05) is 45.6 Å². The standard InChI is InChI=1S/C24H36F2O3/c1-3-5-14-27-21-12-11-20(23(25)24(21)26)19-10-13-22(29-16-19)28-15-18-8-6-17(4-2)7-9-18/h11-12,17-19,22H,3-10,13-16H2,1-2H3. The van der Waals surface area contributed by atoms with Crippen molar-refractivity contribution in [3.63, 3.8) is 0 Å². The van der Waals surface area contributed by atoms with Crippen molar-refractivity contribution >= 4 is 0 Å². The van der Waals surface area contributed by atoms with E-state index in [1.807, 2.05) is 6.92 Å². The molecule has 2 unspecified atom stereocenters. The van der Waals surface area contributed by atoms with Crippen molar-refractivity contribution < 1.29 is 23.0 Å². The molecule has 0 radical (unpaired) electrons. The van der Waals surface area contributed by atoms with Gasteiger partial charge in [-0.2, -0.15) is 4.39 Å². The molecule has 164 valence electrons. The molecule has 1 aromatic carbocycles. The highest BCUT2D eigenvalue weighted by molar-refractivity contribution is 5.33. The van der Waals surface area contributed by atoms with Crippen molar-refractivity contribution in [1.82, 2.24) is 0 Å². The van der Waals surface area contributed by atoms with Gasteiger partial charge in [0.1, 0.15) is 0 Å². The molecular weight excluding hydrogens is 374 g/mol. The number of halogens is 2. The summed E-state index contributed by atoms with van der Waals surface area (Å²) in [6.45, 7) is 5.81. The van der Waals surface area contributed by atoms with Crippen LogP contribution in [-0.4, -0.2) is 26.1 Å². The van der Waals surface area contributed by atoms with Gasteiger partial charge in [0.05, 0.1) is 19.8 Å². The van der Waals surface area contributed by atoms with Crippen LogP contribution >= 0.6 is 0 Å². The molecule has 1 aliphatic carbocycles. The largest absolute Gasteiger partial charge is 0.490 e. The first-order valence-electron chi connectivity index (χ1n) is 11.5. The number of unbranched alkanes of at least 4 members (excludes halogenated alkanes) is 1. The van der Waals surface area contributed by atoms with E-state index in [0.717, 1.165) is 31.8 Å². The average Bonchev–Trinajstić information content (AvgIpc) is 2.76. The maximum absolute atomic E-state index is 14.6. The zero-order chi connectivity index (χ0) is 20.6. The van der Waals surface area contributed by atoms with Crippen LogP contribution in [0.4, 0.5) is 8.78 Å². The third-order valence-electron chi connectivity index (χ3n) is 6.57. The lowest BCUT2D eigenvalue weighted by Crippen LogP contribution is -2.30. The lowest BCUT2D eigenvalue weighted by Gasteiger charge is -2.32. The fraction of sp³-hybridized carbons (Fsp3) is 0.750. The van der Waals surface area contributed by atoms with Crippen molar-refractivity contribution in [2.75, 3.05) is 19.8 Å². The quantitative estimate of drug-likeness (QED) is 0.429. The highest BCUT2D eigenvalue weighted by Gasteiger charge is 2.28. The Hall–Kier alpha value is -1.20. The second-order valence-electron chi connectivity index (χ2n) is 8.65. The number of rotatable bonds is 9. The van der Waals surface area contributed by atoms with Gasteiger partial charge in [0.25, 0.3) is 0 Å². The van der Waals surface area contributed by atoms with E-state index in [0.29, 0.717) is 31.1 Å². The third-order valence-corrected chi connectivity index (χ3v) is 6.57. The SMILES string of the molecule is CCCCOc1ccc(C2CCC(OCC3CCC(CC)CC3)OC2)c(F)c1F. The zero-order valence-electron chi connectivity index (χ0n) is 17.9. The van der Waals surface area contributed by atoms with Crippen molar-refractivity contribution in [1.29, 1.82) is 0 Å². The number of hydrogen-bond donors (Lipinski definition) is 0. The van der Waals surface area contributed by atoms with Crippen molar-refractivity contribution in [2.45, 2.75) is 83.8 Å². The first-order valence-corrected chi connectivity index (χ1v) is 11.5. The summed E-state index contributed by atoms with van der Waals surface area (Å²) < 4.78 is 46.1. The second kappa shape index (κ2) is 11.3. The van der Waals surface area contributed by atoms with E-state index in [-0.39, 0.29) is 18.0 Å². The van der Waals surface area contributed by atoms with E-state index in [1.165, 1.54) is 32.1 Å². The second-order valence-corrected chi connectivity index (χ2v) is 8.65. The van der Waals surface area contributed by atoms with Gasteiger partial charge < -0.3 is 14.2 Å². The molecule has 3 rings (SSSR count). The van der Waals surface area contributed by atoms with Crippen LogP contribution < -0.4 is 4.74 Å². The lowest BCUT2D eigenvalue weighted by molar-refractivity contribution is -0.175. The normalized spacial score (nSPS) is 27.7. The Morgan fingerprint density at radius 2 is 1.72 bits per heavy atom. The summed E-state index contributed by atoms with van der Waals surface area (Å²) in [5.74, 6) is -0.327. The van der Waals surface area contributed by atoms with Gasteiger partial charge in [0, 0.05) is 5.92 Å². The number of hydrogen-bond acceptors (Lipinski definition) is 3. The molecule has 2 atom stereocenters. The summed E-state index contributed by atoms with van der Waals surface area (Å²) >= 11 is 0. The molecule has 0 aromatic heterocycles. The first kappa shape index (κ1) is 22.5. The Bertz CT molecular complexity index is 621. The summed E-state index contributed by atoms with van der Waals surface area (Å²) in [5.41, 5.74) is 0.377. The van der Waals surface area contributed by atoms with Gasteiger partial charge in [0.2, 0.25) is 5.82 Å². The van der Waals surface area contributed by atoms with Gasteiger partial charge in [-0.25, -0.2) is 4.39 Å². The Kier molecular flexibility index (Phi) is 8.73. The molecular formula is C24H36F2O3. The lowest BCUT2D eigenvalue weighted by atomic mass is 9.81. The Morgan fingerprint density at radius 1 is 0.966 bits per heavy atom. The predicted molar refractivity (Wildman–Crippen MR) is 110 cm³/mol. The summed E-state index contributed by atoms with van der Waals surface area (Å²) in [6.07, 6.45) is 9.37. The van der Waals surface area contributed by atoms with Crippen LogP contribution in [0.5, 0.6) is 5.75 Å². The van der Waals surface area contributed by atoms with Crippen LogP contribution in [0.3, 0.4) is 0 Å². The van der Waals surface area contributed by atoms with E-state index in [9.17, 15) is 8.78 Å². The van der Waals surface area contributed by atoms with Crippen LogP contribution in [0.1, 0.15) is 83.1 Å².